The van der Waals surface area contributed by atoms with Crippen LogP contribution in [0.2, 0.25) is 0 Å². The predicted molar refractivity (Wildman–Crippen MR) is 154 cm³/mol. The van der Waals surface area contributed by atoms with Crippen LogP contribution in [0.15, 0.2) is 24.3 Å². The van der Waals surface area contributed by atoms with Gasteiger partial charge in [0.1, 0.15) is 6.10 Å². The molecule has 3 saturated carbocycles. The fraction of sp³-hybridized carbons (Fsp3) is 0.742. The summed E-state index contributed by atoms with van der Waals surface area (Å²) in [7, 11) is 0. The van der Waals surface area contributed by atoms with Gasteiger partial charge >= 0.3 is 5.97 Å². The van der Waals surface area contributed by atoms with Crippen LogP contribution >= 0.6 is 23.2 Å². The number of carbonyl (C=O) groups excluding carboxylic acids is 2. The van der Waals surface area contributed by atoms with Crippen molar-refractivity contribution < 1.29 is 14.3 Å². The van der Waals surface area contributed by atoms with Crippen molar-refractivity contribution in [1.82, 2.24) is 5.32 Å². The molecular weight excluding hydrogens is 519 g/mol. The Kier molecular flexibility index (Phi) is 8.01. The zero-order valence-electron chi connectivity index (χ0n) is 23.2. The summed E-state index contributed by atoms with van der Waals surface area (Å²) in [5.74, 6) is 3.01. The van der Waals surface area contributed by atoms with E-state index in [-0.39, 0.29) is 34.3 Å². The molecule has 38 heavy (non-hydrogen) atoms. The first kappa shape index (κ1) is 28.1. The summed E-state index contributed by atoms with van der Waals surface area (Å²) in [6.07, 6.45) is 9.29. The highest BCUT2D eigenvalue weighted by atomic mass is 35.5. The Hall–Kier alpha value is -1.46. The van der Waals surface area contributed by atoms with Crippen molar-refractivity contribution in [2.24, 2.45) is 28.6 Å². The van der Waals surface area contributed by atoms with E-state index < -0.39 is 0 Å². The third-order valence-corrected chi connectivity index (χ3v) is 11.6. The number of hydrogen-bond acceptors (Lipinski definition) is 4. The van der Waals surface area contributed by atoms with Crippen molar-refractivity contribution >= 4 is 40.8 Å². The molecule has 1 heterocycles. The Morgan fingerprint density at radius 2 is 1.68 bits per heavy atom. The smallest absolute Gasteiger partial charge is 0.338 e. The van der Waals surface area contributed by atoms with Crippen molar-refractivity contribution in [1.29, 1.82) is 0 Å². The average Bonchev–Trinajstić information content (AvgIpc) is 2.88. The van der Waals surface area contributed by atoms with Crippen LogP contribution in [-0.4, -0.2) is 48.4 Å². The molecule has 0 spiro atoms. The second kappa shape index (κ2) is 10.8. The number of fused-ring (bicyclic) bond motifs is 5. The number of amides is 1. The Morgan fingerprint density at radius 1 is 0.974 bits per heavy atom. The lowest BCUT2D eigenvalue weighted by molar-refractivity contribution is -0.171. The number of anilines is 1. The van der Waals surface area contributed by atoms with Crippen molar-refractivity contribution in [3.8, 4) is 0 Å². The number of ether oxygens (including phenoxy) is 1. The van der Waals surface area contributed by atoms with Gasteiger partial charge in [-0.3, -0.25) is 4.79 Å². The number of hydrogen-bond donors (Lipinski definition) is 1. The number of nitrogens with one attached hydrogen (secondary N) is 1. The highest BCUT2D eigenvalue weighted by molar-refractivity contribution is 6.18. The van der Waals surface area contributed by atoms with Gasteiger partial charge in [-0.1, -0.05) is 13.8 Å². The zero-order chi connectivity index (χ0) is 27.1. The van der Waals surface area contributed by atoms with E-state index in [1.165, 1.54) is 19.3 Å². The van der Waals surface area contributed by atoms with E-state index in [1.54, 1.807) is 0 Å². The van der Waals surface area contributed by atoms with Gasteiger partial charge in [0.05, 0.1) is 5.56 Å². The number of alkyl halides is 2. The molecule has 0 radical (unpaired) electrons. The Balaban J connectivity index is 1.24. The van der Waals surface area contributed by atoms with E-state index in [0.717, 1.165) is 37.8 Å². The number of rotatable bonds is 7. The van der Waals surface area contributed by atoms with Gasteiger partial charge in [-0.25, -0.2) is 4.79 Å². The van der Waals surface area contributed by atoms with Gasteiger partial charge in [0.15, 0.2) is 0 Å². The minimum Gasteiger partial charge on any atom is -0.459 e. The van der Waals surface area contributed by atoms with Gasteiger partial charge in [-0.2, -0.15) is 0 Å². The molecule has 210 valence electrons. The van der Waals surface area contributed by atoms with Crippen LogP contribution in [0.5, 0.6) is 0 Å². The topological polar surface area (TPSA) is 58.6 Å². The lowest BCUT2D eigenvalue weighted by Crippen LogP contribution is -2.65. The second-order valence-electron chi connectivity index (χ2n) is 13.1. The Labute approximate surface area is 238 Å². The molecule has 1 aromatic carbocycles. The second-order valence-corrected chi connectivity index (χ2v) is 13.9. The van der Waals surface area contributed by atoms with E-state index >= 15 is 0 Å². The predicted octanol–water partition coefficient (Wildman–Crippen LogP) is 6.80. The van der Waals surface area contributed by atoms with Crippen molar-refractivity contribution in [3.63, 3.8) is 0 Å². The summed E-state index contributed by atoms with van der Waals surface area (Å²) in [6, 6.07) is 7.63. The molecule has 0 aromatic heterocycles. The molecular formula is C31H44Cl2N2O3. The van der Waals surface area contributed by atoms with Crippen LogP contribution in [0.3, 0.4) is 0 Å². The molecule has 0 bridgehead atoms. The molecule has 0 unspecified atom stereocenters. The van der Waals surface area contributed by atoms with E-state index in [1.807, 2.05) is 24.3 Å². The number of halogens is 2. The molecule has 5 nitrogen and oxygen atoms in total. The van der Waals surface area contributed by atoms with Gasteiger partial charge in [0.2, 0.25) is 5.91 Å². The van der Waals surface area contributed by atoms with Crippen molar-refractivity contribution in [2.75, 3.05) is 29.7 Å². The molecule has 1 saturated heterocycles. The largest absolute Gasteiger partial charge is 0.459 e. The van der Waals surface area contributed by atoms with Gasteiger partial charge in [-0.15, -0.1) is 23.2 Å². The minimum absolute atomic E-state index is 0.0339. The van der Waals surface area contributed by atoms with Gasteiger partial charge in [0, 0.05) is 42.5 Å². The van der Waals surface area contributed by atoms with Gasteiger partial charge < -0.3 is 15.0 Å². The highest BCUT2D eigenvalue weighted by Gasteiger charge is 2.62. The maximum Gasteiger partial charge on any atom is 0.338 e. The molecule has 1 aromatic rings. The normalized spacial score (nSPS) is 38.3. The number of nitrogens with zero attached hydrogens (tertiary/aromatic N) is 1. The quantitative estimate of drug-likeness (QED) is 0.293. The summed E-state index contributed by atoms with van der Waals surface area (Å²) < 4.78 is 6.14. The Morgan fingerprint density at radius 3 is 2.37 bits per heavy atom. The van der Waals surface area contributed by atoms with Crippen LogP contribution in [0, 0.1) is 28.6 Å². The van der Waals surface area contributed by atoms with E-state index in [2.05, 4.69) is 31.0 Å². The molecule has 4 fully saturated rings. The standard InChI is InChI=1S/C31H44Cl2N2O3/c1-29-13-11-24-25(12-15-31(3)26(24)8-9-27(36)34-31)30(29,2)14-10-23(20-29)38-28(37)21-4-6-22(7-5-21)35(18-16-32)19-17-33/h4-7,23-26H,8-20H2,1-3H3,(H,34,36)/t23-,24-,25+,26+,29+,30-,31+/m1/s1. The summed E-state index contributed by atoms with van der Waals surface area (Å²) in [5, 5.41) is 3.38. The van der Waals surface area contributed by atoms with Crippen LogP contribution in [0.25, 0.3) is 0 Å². The fourth-order valence-corrected chi connectivity index (χ4v) is 9.37. The van der Waals surface area contributed by atoms with Crippen molar-refractivity contribution in [3.05, 3.63) is 29.8 Å². The first-order valence-electron chi connectivity index (χ1n) is 14.6. The molecule has 4 aliphatic rings. The SMILES string of the molecule is C[C@@]12CC[C@H]3[C@@H]4CCC(=O)N[C@@]4(C)CC[C@@H]3[C@@]1(C)CC[C@@H](OC(=O)c1ccc(N(CCCl)CCCl)cc1)C2. The first-order valence-corrected chi connectivity index (χ1v) is 15.7. The highest BCUT2D eigenvalue weighted by Crippen LogP contribution is 2.67. The third-order valence-electron chi connectivity index (χ3n) is 11.3. The number of carbonyl (C=O) groups is 2. The third kappa shape index (κ3) is 4.96. The number of piperidine rings is 1. The van der Waals surface area contributed by atoms with Crippen LogP contribution < -0.4 is 10.2 Å². The lowest BCUT2D eigenvalue weighted by atomic mass is 9.40. The molecule has 3 aliphatic carbocycles. The minimum atomic E-state index is -0.227. The Bertz CT molecular complexity index is 1030. The molecule has 1 amide bonds. The summed E-state index contributed by atoms with van der Waals surface area (Å²) >= 11 is 11.9. The van der Waals surface area contributed by atoms with Crippen LogP contribution in [0.4, 0.5) is 5.69 Å². The molecule has 7 atom stereocenters. The molecule has 1 aliphatic heterocycles. The fourth-order valence-electron chi connectivity index (χ4n) is 8.97. The summed E-state index contributed by atoms with van der Waals surface area (Å²) in [4.78, 5) is 27.4. The lowest BCUT2D eigenvalue weighted by Gasteiger charge is -2.66. The monoisotopic (exact) mass is 562 g/mol. The van der Waals surface area contributed by atoms with Gasteiger partial charge in [0.25, 0.3) is 0 Å². The van der Waals surface area contributed by atoms with Crippen LogP contribution in [0.1, 0.15) is 88.9 Å². The molecule has 7 heteroatoms. The summed E-state index contributed by atoms with van der Waals surface area (Å²) in [5.41, 5.74) is 1.99. The average molecular weight is 564 g/mol. The van der Waals surface area contributed by atoms with Gasteiger partial charge in [-0.05, 0) is 111 Å². The zero-order valence-corrected chi connectivity index (χ0v) is 24.8. The van der Waals surface area contributed by atoms with E-state index in [0.29, 0.717) is 54.6 Å². The summed E-state index contributed by atoms with van der Waals surface area (Å²) in [6.45, 7) is 8.70. The maximum absolute atomic E-state index is 13.1. The van der Waals surface area contributed by atoms with E-state index in [9.17, 15) is 9.59 Å². The first-order chi connectivity index (χ1) is 18.1. The van der Waals surface area contributed by atoms with Crippen molar-refractivity contribution in [2.45, 2.75) is 90.2 Å². The maximum atomic E-state index is 13.1. The number of benzene rings is 1. The molecule has 1 N–H and O–H groups in total. The molecule has 5 rings (SSSR count). The van der Waals surface area contributed by atoms with Crippen LogP contribution in [-0.2, 0) is 9.53 Å². The van der Waals surface area contributed by atoms with E-state index in [4.69, 9.17) is 27.9 Å². The number of esters is 1.